The van der Waals surface area contributed by atoms with Gasteiger partial charge in [0, 0.05) is 54.4 Å². The molecule has 6 rings (SSSR count). The van der Waals surface area contributed by atoms with Gasteiger partial charge in [-0.3, -0.25) is 0 Å². The first-order valence-electron chi connectivity index (χ1n) is 14.2. The summed E-state index contributed by atoms with van der Waals surface area (Å²) in [5.41, 5.74) is 6.65. The molecule has 1 aliphatic carbocycles. The first kappa shape index (κ1) is 24.4. The minimum atomic E-state index is -0.862. The van der Waals surface area contributed by atoms with E-state index >= 15 is 0 Å². The second-order valence-electron chi connectivity index (χ2n) is 11.1. The molecule has 0 spiro atoms. The Bertz CT molecular complexity index is 1280. The Hall–Kier alpha value is -2.99. The number of hydrogen-bond donors (Lipinski definition) is 1. The number of piperidine rings is 1. The van der Waals surface area contributed by atoms with E-state index in [0.717, 1.165) is 37.4 Å². The van der Waals surface area contributed by atoms with Gasteiger partial charge in [0.25, 0.3) is 0 Å². The van der Waals surface area contributed by atoms with Crippen molar-refractivity contribution >= 4 is 22.6 Å². The second-order valence-corrected chi connectivity index (χ2v) is 11.1. The summed E-state index contributed by atoms with van der Waals surface area (Å²) in [6, 6.07) is 12.3. The van der Waals surface area contributed by atoms with Gasteiger partial charge in [0.2, 0.25) is 0 Å². The van der Waals surface area contributed by atoms with Crippen LogP contribution in [0, 0.1) is 0 Å². The summed E-state index contributed by atoms with van der Waals surface area (Å²) in [4.78, 5) is 17.1. The van der Waals surface area contributed by atoms with Crippen LogP contribution in [0.5, 0.6) is 5.75 Å². The highest BCUT2D eigenvalue weighted by molar-refractivity contribution is 5.99. The average Bonchev–Trinajstić information content (AvgIpc) is 3.18. The third-order valence-corrected chi connectivity index (χ3v) is 8.89. The summed E-state index contributed by atoms with van der Waals surface area (Å²) in [5, 5.41) is 11.0. The Labute approximate surface area is 219 Å². The van der Waals surface area contributed by atoms with Crippen LogP contribution in [0.4, 0.5) is 5.69 Å². The van der Waals surface area contributed by atoms with E-state index in [-0.39, 0.29) is 0 Å². The lowest BCUT2D eigenvalue weighted by Crippen LogP contribution is -2.38. The Morgan fingerprint density at radius 2 is 1.70 bits per heavy atom. The summed E-state index contributed by atoms with van der Waals surface area (Å²) in [6.07, 6.45) is 10.2. The number of nitrogens with zero attached hydrogens (tertiary/aromatic N) is 3. The molecule has 6 heteroatoms. The highest BCUT2D eigenvalue weighted by Gasteiger charge is 2.31. The zero-order valence-corrected chi connectivity index (χ0v) is 22.0. The van der Waals surface area contributed by atoms with Gasteiger partial charge in [0.05, 0.1) is 18.4 Å². The molecule has 3 aromatic rings. The molecule has 1 N–H and O–H groups in total. The monoisotopic (exact) mass is 501 g/mol. The number of hydrogen-bond acceptors (Lipinski definition) is 4. The van der Waals surface area contributed by atoms with E-state index in [9.17, 15) is 9.90 Å². The Balaban J connectivity index is 1.49. The number of aromatic carboxylic acids is 1. The molecular formula is C31H39N3O3. The molecule has 2 fully saturated rings. The normalized spacial score (nSPS) is 18.9. The summed E-state index contributed by atoms with van der Waals surface area (Å²) >= 11 is 0. The third kappa shape index (κ3) is 4.61. The smallest absolute Gasteiger partial charge is 0.335 e. The van der Waals surface area contributed by atoms with E-state index in [2.05, 4.69) is 38.6 Å². The highest BCUT2D eigenvalue weighted by atomic mass is 16.5. The molecule has 3 heterocycles. The van der Waals surface area contributed by atoms with Crippen molar-refractivity contribution in [2.75, 3.05) is 44.7 Å². The van der Waals surface area contributed by atoms with Crippen LogP contribution in [-0.4, -0.2) is 60.4 Å². The lowest BCUT2D eigenvalue weighted by atomic mass is 9.81. The first-order valence-corrected chi connectivity index (χ1v) is 14.2. The number of aromatic nitrogens is 1. The van der Waals surface area contributed by atoms with E-state index in [1.807, 2.05) is 6.07 Å². The van der Waals surface area contributed by atoms with Gasteiger partial charge < -0.3 is 24.2 Å². The van der Waals surface area contributed by atoms with Crippen molar-refractivity contribution in [2.24, 2.45) is 0 Å². The zero-order chi connectivity index (χ0) is 25.4. The number of anilines is 1. The number of fused-ring (bicyclic) bond motifs is 5. The molecule has 2 aromatic carbocycles. The van der Waals surface area contributed by atoms with Crippen molar-refractivity contribution < 1.29 is 14.6 Å². The van der Waals surface area contributed by atoms with Crippen molar-refractivity contribution in [1.29, 1.82) is 0 Å². The maximum absolute atomic E-state index is 11.9. The van der Waals surface area contributed by atoms with Crippen LogP contribution in [0.25, 0.3) is 22.2 Å². The molecule has 2 aliphatic heterocycles. The van der Waals surface area contributed by atoms with Gasteiger partial charge in [-0.25, -0.2) is 4.79 Å². The number of benzene rings is 2. The van der Waals surface area contributed by atoms with Gasteiger partial charge in [-0.15, -0.1) is 0 Å². The molecule has 37 heavy (non-hydrogen) atoms. The van der Waals surface area contributed by atoms with E-state index < -0.39 is 5.97 Å². The first-order chi connectivity index (χ1) is 18.1. The van der Waals surface area contributed by atoms with Gasteiger partial charge in [-0.05, 0) is 74.5 Å². The van der Waals surface area contributed by atoms with Crippen molar-refractivity contribution in [3.05, 3.63) is 47.5 Å². The fraction of sp³-hybridized carbons (Fsp3) is 0.516. The van der Waals surface area contributed by atoms with E-state index in [4.69, 9.17) is 4.74 Å². The molecule has 1 saturated heterocycles. The summed E-state index contributed by atoms with van der Waals surface area (Å²) < 4.78 is 8.12. The average molecular weight is 502 g/mol. The Morgan fingerprint density at radius 1 is 0.919 bits per heavy atom. The summed E-state index contributed by atoms with van der Waals surface area (Å²) in [6.45, 7) is 6.21. The van der Waals surface area contributed by atoms with Gasteiger partial charge in [-0.1, -0.05) is 31.7 Å². The maximum atomic E-state index is 11.9. The van der Waals surface area contributed by atoms with Crippen LogP contribution >= 0.6 is 0 Å². The van der Waals surface area contributed by atoms with Gasteiger partial charge in [0.15, 0.2) is 0 Å². The number of carbonyl (C=O) groups is 1. The van der Waals surface area contributed by atoms with Gasteiger partial charge >= 0.3 is 5.97 Å². The van der Waals surface area contributed by atoms with E-state index in [1.165, 1.54) is 92.4 Å². The van der Waals surface area contributed by atoms with Crippen molar-refractivity contribution in [3.63, 3.8) is 0 Å². The number of carboxylic acids is 1. The van der Waals surface area contributed by atoms with Crippen molar-refractivity contribution in [2.45, 2.75) is 63.8 Å². The van der Waals surface area contributed by atoms with Gasteiger partial charge in [-0.2, -0.15) is 0 Å². The molecular weight excluding hydrogens is 462 g/mol. The van der Waals surface area contributed by atoms with Crippen LogP contribution < -0.4 is 9.64 Å². The van der Waals surface area contributed by atoms with Crippen LogP contribution in [0.3, 0.4) is 0 Å². The van der Waals surface area contributed by atoms with Crippen LogP contribution in [0.1, 0.15) is 73.2 Å². The largest absolute Gasteiger partial charge is 0.497 e. The van der Waals surface area contributed by atoms with Crippen LogP contribution in [0.2, 0.25) is 0 Å². The molecule has 1 saturated carbocycles. The standard InChI is InChI=1S/C31H39N3O3/c1-37-24-11-13-26-27(21-24)33(17-16-32-14-6-3-7-15-32)18-19-34-28-20-23(31(35)36)10-12-25(28)29(30(26)34)22-8-4-2-5-9-22/h10-13,20-22H,2-9,14-19H2,1H3,(H,35,36). The molecule has 1 aromatic heterocycles. The minimum Gasteiger partial charge on any atom is -0.497 e. The zero-order valence-electron chi connectivity index (χ0n) is 22.0. The number of rotatable bonds is 6. The Kier molecular flexibility index (Phi) is 6.85. The molecule has 0 bridgehead atoms. The quantitative estimate of drug-likeness (QED) is 0.425. The van der Waals surface area contributed by atoms with Crippen LogP contribution in [0.15, 0.2) is 36.4 Å². The van der Waals surface area contributed by atoms with Crippen molar-refractivity contribution in [1.82, 2.24) is 9.47 Å². The lowest BCUT2D eigenvalue weighted by molar-refractivity contribution is 0.0697. The fourth-order valence-electron chi connectivity index (χ4n) is 6.96. The topological polar surface area (TPSA) is 57.9 Å². The number of methoxy groups -OCH3 is 1. The SMILES string of the molecule is COc1ccc2c(c1)N(CCN1CCCCC1)CCn1c-2c(C2CCCCC2)c2ccc(C(=O)O)cc21. The number of likely N-dealkylation sites (tertiary alicyclic amines) is 1. The number of ether oxygens (including phenoxy) is 1. The molecule has 3 aliphatic rings. The molecule has 6 nitrogen and oxygen atoms in total. The predicted molar refractivity (Wildman–Crippen MR) is 149 cm³/mol. The minimum absolute atomic E-state index is 0.365. The van der Waals surface area contributed by atoms with E-state index in [0.29, 0.717) is 11.5 Å². The summed E-state index contributed by atoms with van der Waals surface area (Å²) in [7, 11) is 1.74. The van der Waals surface area contributed by atoms with Crippen molar-refractivity contribution in [3.8, 4) is 17.0 Å². The van der Waals surface area contributed by atoms with Crippen LogP contribution in [-0.2, 0) is 6.54 Å². The third-order valence-electron chi connectivity index (χ3n) is 8.89. The molecule has 0 atom stereocenters. The fourth-order valence-corrected chi connectivity index (χ4v) is 6.96. The van der Waals surface area contributed by atoms with Gasteiger partial charge in [0.1, 0.15) is 5.75 Å². The summed E-state index contributed by atoms with van der Waals surface area (Å²) in [5.74, 6) is 0.537. The number of carboxylic acid groups (broad SMARTS) is 1. The lowest BCUT2D eigenvalue weighted by Gasteiger charge is -2.31. The second kappa shape index (κ2) is 10.4. The molecule has 0 unspecified atom stereocenters. The molecule has 0 amide bonds. The predicted octanol–water partition coefficient (Wildman–Crippen LogP) is 6.37. The molecule has 0 radical (unpaired) electrons. The molecule has 196 valence electrons. The maximum Gasteiger partial charge on any atom is 0.335 e. The van der Waals surface area contributed by atoms with E-state index in [1.54, 1.807) is 13.2 Å². The Morgan fingerprint density at radius 3 is 2.46 bits per heavy atom. The highest BCUT2D eigenvalue weighted by Crippen LogP contribution is 2.48.